The van der Waals surface area contributed by atoms with Gasteiger partial charge in [-0.2, -0.15) is 4.98 Å². The molecule has 0 unspecified atom stereocenters. The van der Waals surface area contributed by atoms with Gasteiger partial charge in [0.2, 0.25) is 5.88 Å². The second-order valence-corrected chi connectivity index (χ2v) is 4.48. The van der Waals surface area contributed by atoms with Crippen molar-refractivity contribution in [3.05, 3.63) is 41.7 Å². The van der Waals surface area contributed by atoms with Crippen LogP contribution in [0.4, 0.5) is 5.82 Å². The third-order valence-electron chi connectivity index (χ3n) is 2.67. The molecule has 0 bridgehead atoms. The van der Waals surface area contributed by atoms with Gasteiger partial charge in [0.1, 0.15) is 17.4 Å². The van der Waals surface area contributed by atoms with Crippen molar-refractivity contribution in [3.63, 3.8) is 0 Å². The van der Waals surface area contributed by atoms with E-state index in [1.54, 1.807) is 13.2 Å². The molecule has 1 aromatic heterocycles. The molecule has 0 amide bonds. The van der Waals surface area contributed by atoms with Crippen molar-refractivity contribution in [3.8, 4) is 11.6 Å². The third kappa shape index (κ3) is 3.93. The zero-order valence-electron chi connectivity index (χ0n) is 11.8. The van der Waals surface area contributed by atoms with Crippen molar-refractivity contribution in [2.24, 2.45) is 0 Å². The van der Waals surface area contributed by atoms with Gasteiger partial charge in [0, 0.05) is 19.6 Å². The lowest BCUT2D eigenvalue weighted by Gasteiger charge is -2.08. The summed E-state index contributed by atoms with van der Waals surface area (Å²) in [6, 6.07) is 9.31. The Kier molecular flexibility index (Phi) is 4.90. The van der Waals surface area contributed by atoms with Crippen LogP contribution in [0.3, 0.4) is 0 Å². The molecule has 1 aromatic carbocycles. The number of nitrogens with zero attached hydrogens (tertiary/aromatic N) is 2. The van der Waals surface area contributed by atoms with Gasteiger partial charge in [-0.05, 0) is 24.1 Å². The number of benzene rings is 1. The fraction of sp³-hybridized carbons (Fsp3) is 0.333. The van der Waals surface area contributed by atoms with Gasteiger partial charge < -0.3 is 15.2 Å². The zero-order chi connectivity index (χ0) is 14.4. The van der Waals surface area contributed by atoms with E-state index in [1.165, 1.54) is 0 Å². The number of hydrogen-bond acceptors (Lipinski definition) is 5. The van der Waals surface area contributed by atoms with Crippen molar-refractivity contribution in [2.75, 3.05) is 12.8 Å². The Balaban J connectivity index is 2.18. The van der Waals surface area contributed by atoms with Crippen molar-refractivity contribution in [1.29, 1.82) is 0 Å². The van der Waals surface area contributed by atoms with E-state index >= 15 is 0 Å². The molecule has 2 N–H and O–H groups in total. The molecule has 0 aliphatic rings. The highest BCUT2D eigenvalue weighted by atomic mass is 16.5. The number of nitrogen functional groups attached to an aromatic ring is 1. The Morgan fingerprint density at radius 3 is 2.80 bits per heavy atom. The maximum Gasteiger partial charge on any atom is 0.224 e. The first-order valence-corrected chi connectivity index (χ1v) is 6.60. The SMILES string of the molecule is CCCc1nc(N)cc(Oc2cccc(COC)c2)n1. The fourth-order valence-electron chi connectivity index (χ4n) is 1.87. The number of methoxy groups -OCH3 is 1. The van der Waals surface area contributed by atoms with E-state index in [1.807, 2.05) is 24.3 Å². The van der Waals surface area contributed by atoms with E-state index in [9.17, 15) is 0 Å². The molecule has 0 saturated heterocycles. The van der Waals surface area contributed by atoms with Crippen molar-refractivity contribution in [2.45, 2.75) is 26.4 Å². The minimum absolute atomic E-state index is 0.423. The molecule has 1 heterocycles. The number of aromatic nitrogens is 2. The maximum absolute atomic E-state index is 5.77. The molecule has 20 heavy (non-hydrogen) atoms. The van der Waals surface area contributed by atoms with Crippen LogP contribution in [0.2, 0.25) is 0 Å². The molecular formula is C15H19N3O2. The number of rotatable bonds is 6. The summed E-state index contributed by atoms with van der Waals surface area (Å²) in [5.41, 5.74) is 6.81. The van der Waals surface area contributed by atoms with Crippen molar-refractivity contribution in [1.82, 2.24) is 9.97 Å². The van der Waals surface area contributed by atoms with E-state index in [0.717, 1.165) is 18.4 Å². The summed E-state index contributed by atoms with van der Waals surface area (Å²) in [6.07, 6.45) is 1.75. The Morgan fingerprint density at radius 1 is 1.20 bits per heavy atom. The summed E-state index contributed by atoms with van der Waals surface area (Å²) >= 11 is 0. The summed E-state index contributed by atoms with van der Waals surface area (Å²) in [4.78, 5) is 8.53. The van der Waals surface area contributed by atoms with Crippen LogP contribution in [0.1, 0.15) is 24.7 Å². The number of anilines is 1. The maximum atomic E-state index is 5.77. The van der Waals surface area contributed by atoms with Gasteiger partial charge in [-0.25, -0.2) is 4.98 Å². The molecule has 0 aliphatic heterocycles. The van der Waals surface area contributed by atoms with Gasteiger partial charge in [0.25, 0.3) is 0 Å². The monoisotopic (exact) mass is 273 g/mol. The van der Waals surface area contributed by atoms with Gasteiger partial charge in [0.15, 0.2) is 0 Å². The summed E-state index contributed by atoms with van der Waals surface area (Å²) in [5.74, 6) is 2.30. The number of ether oxygens (including phenoxy) is 2. The number of nitrogens with two attached hydrogens (primary N) is 1. The highest BCUT2D eigenvalue weighted by Crippen LogP contribution is 2.22. The van der Waals surface area contributed by atoms with Gasteiger partial charge in [0.05, 0.1) is 6.61 Å². The van der Waals surface area contributed by atoms with E-state index < -0.39 is 0 Å². The summed E-state index contributed by atoms with van der Waals surface area (Å²) in [5, 5.41) is 0. The van der Waals surface area contributed by atoms with Crippen molar-refractivity contribution >= 4 is 5.82 Å². The lowest BCUT2D eigenvalue weighted by Crippen LogP contribution is -2.01. The smallest absolute Gasteiger partial charge is 0.224 e. The van der Waals surface area contributed by atoms with E-state index in [-0.39, 0.29) is 0 Å². The minimum atomic E-state index is 0.423. The molecule has 5 heteroatoms. The summed E-state index contributed by atoms with van der Waals surface area (Å²) in [7, 11) is 1.66. The quantitative estimate of drug-likeness (QED) is 0.876. The van der Waals surface area contributed by atoms with Crippen LogP contribution in [0.5, 0.6) is 11.6 Å². The molecule has 5 nitrogen and oxygen atoms in total. The summed E-state index contributed by atoms with van der Waals surface area (Å²) < 4.78 is 10.8. The van der Waals surface area contributed by atoms with E-state index in [0.29, 0.717) is 29.9 Å². The van der Waals surface area contributed by atoms with E-state index in [4.69, 9.17) is 15.2 Å². The molecule has 106 valence electrons. The van der Waals surface area contributed by atoms with Crippen LogP contribution < -0.4 is 10.5 Å². The molecule has 0 spiro atoms. The van der Waals surface area contributed by atoms with Crippen LogP contribution in [-0.2, 0) is 17.8 Å². The molecule has 0 aliphatic carbocycles. The van der Waals surface area contributed by atoms with Crippen LogP contribution in [0, 0.1) is 0 Å². The molecule has 0 saturated carbocycles. The van der Waals surface area contributed by atoms with Crippen molar-refractivity contribution < 1.29 is 9.47 Å². The molecule has 2 aromatic rings. The Morgan fingerprint density at radius 2 is 2.05 bits per heavy atom. The largest absolute Gasteiger partial charge is 0.439 e. The predicted octanol–water partition coefficient (Wildman–Crippen LogP) is 2.95. The van der Waals surface area contributed by atoms with Crippen LogP contribution >= 0.6 is 0 Å². The molecule has 2 rings (SSSR count). The highest BCUT2D eigenvalue weighted by Gasteiger charge is 2.05. The van der Waals surface area contributed by atoms with Crippen LogP contribution in [0.25, 0.3) is 0 Å². The average molecular weight is 273 g/mol. The number of hydrogen-bond donors (Lipinski definition) is 1. The minimum Gasteiger partial charge on any atom is -0.439 e. The van der Waals surface area contributed by atoms with Crippen LogP contribution in [0.15, 0.2) is 30.3 Å². The molecule has 0 fully saturated rings. The second kappa shape index (κ2) is 6.86. The third-order valence-corrected chi connectivity index (χ3v) is 2.67. The van der Waals surface area contributed by atoms with Gasteiger partial charge in [-0.3, -0.25) is 0 Å². The molecular weight excluding hydrogens is 254 g/mol. The topological polar surface area (TPSA) is 70.3 Å². The standard InChI is InChI=1S/C15H19N3O2/c1-3-5-14-17-13(16)9-15(18-14)20-12-7-4-6-11(8-12)10-19-2/h4,6-9H,3,5,10H2,1-2H3,(H2,16,17,18). The number of aryl methyl sites for hydroxylation is 1. The normalized spacial score (nSPS) is 10.5. The summed E-state index contributed by atoms with van der Waals surface area (Å²) in [6.45, 7) is 2.62. The van der Waals surface area contributed by atoms with Gasteiger partial charge in [-0.1, -0.05) is 19.1 Å². The average Bonchev–Trinajstić information content (AvgIpc) is 2.39. The first-order valence-electron chi connectivity index (χ1n) is 6.60. The van der Waals surface area contributed by atoms with Crippen LogP contribution in [-0.4, -0.2) is 17.1 Å². The van der Waals surface area contributed by atoms with Gasteiger partial charge in [-0.15, -0.1) is 0 Å². The second-order valence-electron chi connectivity index (χ2n) is 4.48. The van der Waals surface area contributed by atoms with Gasteiger partial charge >= 0.3 is 0 Å². The lowest BCUT2D eigenvalue weighted by molar-refractivity contribution is 0.184. The van der Waals surface area contributed by atoms with E-state index in [2.05, 4.69) is 16.9 Å². The lowest BCUT2D eigenvalue weighted by atomic mass is 10.2. The first-order chi connectivity index (χ1) is 9.71. The molecule has 0 radical (unpaired) electrons. The highest BCUT2D eigenvalue weighted by molar-refractivity contribution is 5.37. The first kappa shape index (κ1) is 14.3. The zero-order valence-corrected chi connectivity index (χ0v) is 11.8. The Labute approximate surface area is 118 Å². The predicted molar refractivity (Wildman–Crippen MR) is 77.7 cm³/mol. The Bertz CT molecular complexity index is 573. The fourth-order valence-corrected chi connectivity index (χ4v) is 1.87. The molecule has 0 atom stereocenters. The Hall–Kier alpha value is -2.14.